The van der Waals surface area contributed by atoms with Gasteiger partial charge in [0, 0.05) is 5.92 Å². The van der Waals surface area contributed by atoms with Crippen LogP contribution in [0.5, 0.6) is 0 Å². The molecule has 0 unspecified atom stereocenters. The number of allylic oxidation sites excluding steroid dienone is 2. The van der Waals surface area contributed by atoms with E-state index in [-0.39, 0.29) is 11.5 Å². The van der Waals surface area contributed by atoms with Gasteiger partial charge in [-0.1, -0.05) is 53.5 Å². The van der Waals surface area contributed by atoms with Crippen LogP contribution >= 0.6 is 23.2 Å². The average molecular weight is 339 g/mol. The van der Waals surface area contributed by atoms with Crippen LogP contribution < -0.4 is 0 Å². The highest BCUT2D eigenvalue weighted by molar-refractivity contribution is 6.42. The molecule has 0 radical (unpaired) electrons. The molecule has 0 N–H and O–H groups in total. The Kier molecular flexibility index (Phi) is 4.39. The molecular formula is C19H12Cl2N2. The van der Waals surface area contributed by atoms with Crippen molar-refractivity contribution in [3.63, 3.8) is 0 Å². The molecule has 0 saturated heterocycles. The van der Waals surface area contributed by atoms with E-state index in [9.17, 15) is 10.5 Å². The van der Waals surface area contributed by atoms with Crippen LogP contribution in [-0.2, 0) is 0 Å². The Labute approximate surface area is 145 Å². The lowest BCUT2D eigenvalue weighted by Gasteiger charge is -2.28. The lowest BCUT2D eigenvalue weighted by Crippen LogP contribution is -2.11. The Bertz CT molecular complexity index is 869. The van der Waals surface area contributed by atoms with Gasteiger partial charge < -0.3 is 0 Å². The van der Waals surface area contributed by atoms with Gasteiger partial charge in [-0.25, -0.2) is 0 Å². The van der Waals surface area contributed by atoms with Gasteiger partial charge in [-0.2, -0.15) is 10.5 Å². The summed E-state index contributed by atoms with van der Waals surface area (Å²) in [5.74, 6) is 0.184. The van der Waals surface area contributed by atoms with E-state index in [2.05, 4.69) is 0 Å². The van der Waals surface area contributed by atoms with E-state index in [4.69, 9.17) is 23.2 Å². The standard InChI is InChI=1S/C19H12Cl2N2/c20-18-8-5-12(9-19(18)21)14-6-7-15(13(10-22)11-23)17-4-2-1-3-16(14)17/h1-5,8-9,14H,6-7H2/t14-/m1/s1. The molecule has 0 spiro atoms. The molecular weight excluding hydrogens is 327 g/mol. The maximum Gasteiger partial charge on any atom is 0.133 e. The lowest BCUT2D eigenvalue weighted by atomic mass is 9.75. The second kappa shape index (κ2) is 6.47. The first-order valence-corrected chi connectivity index (χ1v) is 7.99. The van der Waals surface area contributed by atoms with Crippen molar-refractivity contribution < 1.29 is 0 Å². The summed E-state index contributed by atoms with van der Waals surface area (Å²) in [5.41, 5.74) is 4.23. The van der Waals surface area contributed by atoms with Crippen LogP contribution in [0.2, 0.25) is 10.0 Å². The summed E-state index contributed by atoms with van der Waals surface area (Å²) >= 11 is 12.2. The monoisotopic (exact) mass is 338 g/mol. The van der Waals surface area contributed by atoms with Crippen molar-refractivity contribution in [1.29, 1.82) is 10.5 Å². The van der Waals surface area contributed by atoms with Crippen molar-refractivity contribution >= 4 is 28.8 Å². The van der Waals surface area contributed by atoms with E-state index in [1.54, 1.807) is 0 Å². The van der Waals surface area contributed by atoms with Crippen LogP contribution in [-0.4, -0.2) is 0 Å². The largest absolute Gasteiger partial charge is 0.192 e. The fourth-order valence-corrected chi connectivity index (χ4v) is 3.46. The number of nitrogens with zero attached hydrogens (tertiary/aromatic N) is 2. The van der Waals surface area contributed by atoms with Crippen molar-refractivity contribution in [3.05, 3.63) is 74.8 Å². The maximum absolute atomic E-state index is 9.19. The zero-order valence-corrected chi connectivity index (χ0v) is 13.7. The molecule has 0 heterocycles. The fraction of sp³-hybridized carbons (Fsp3) is 0.158. The van der Waals surface area contributed by atoms with E-state index in [1.165, 1.54) is 0 Å². The van der Waals surface area contributed by atoms with Gasteiger partial charge in [-0.15, -0.1) is 0 Å². The third kappa shape index (κ3) is 2.84. The van der Waals surface area contributed by atoms with Gasteiger partial charge in [-0.05, 0) is 47.2 Å². The highest BCUT2D eigenvalue weighted by Crippen LogP contribution is 2.43. The summed E-state index contributed by atoms with van der Waals surface area (Å²) in [5, 5.41) is 19.5. The summed E-state index contributed by atoms with van der Waals surface area (Å²) < 4.78 is 0. The van der Waals surface area contributed by atoms with Crippen molar-refractivity contribution in [1.82, 2.24) is 0 Å². The summed E-state index contributed by atoms with van der Waals surface area (Å²) in [6.07, 6.45) is 1.52. The van der Waals surface area contributed by atoms with E-state index in [0.29, 0.717) is 16.5 Å². The number of nitriles is 2. The van der Waals surface area contributed by atoms with E-state index in [1.807, 2.05) is 54.6 Å². The van der Waals surface area contributed by atoms with Crippen molar-refractivity contribution in [2.45, 2.75) is 18.8 Å². The molecule has 0 aliphatic heterocycles. The van der Waals surface area contributed by atoms with Crippen molar-refractivity contribution in [2.24, 2.45) is 0 Å². The highest BCUT2D eigenvalue weighted by atomic mass is 35.5. The van der Waals surface area contributed by atoms with Gasteiger partial charge in [-0.3, -0.25) is 0 Å². The molecule has 0 saturated carbocycles. The molecule has 112 valence electrons. The van der Waals surface area contributed by atoms with E-state index >= 15 is 0 Å². The summed E-state index contributed by atoms with van der Waals surface area (Å²) in [4.78, 5) is 0. The molecule has 2 aromatic carbocycles. The van der Waals surface area contributed by atoms with Crippen LogP contribution in [0.25, 0.3) is 5.57 Å². The van der Waals surface area contributed by atoms with Crippen LogP contribution in [0.15, 0.2) is 48.0 Å². The molecule has 1 aliphatic rings. The Morgan fingerprint density at radius 2 is 1.74 bits per heavy atom. The Balaban J connectivity index is 2.15. The van der Waals surface area contributed by atoms with Crippen LogP contribution in [0.3, 0.4) is 0 Å². The third-order valence-corrected chi connectivity index (χ3v) is 4.95. The molecule has 1 atom stereocenters. The quantitative estimate of drug-likeness (QED) is 0.624. The molecule has 0 aromatic heterocycles. The molecule has 1 aliphatic carbocycles. The van der Waals surface area contributed by atoms with Crippen LogP contribution in [0.1, 0.15) is 35.4 Å². The number of rotatable bonds is 1. The molecule has 3 rings (SSSR count). The van der Waals surface area contributed by atoms with Gasteiger partial charge in [0.05, 0.1) is 10.0 Å². The molecule has 4 heteroatoms. The Hall–Kier alpha value is -2.26. The molecule has 0 amide bonds. The van der Waals surface area contributed by atoms with Crippen LogP contribution in [0, 0.1) is 22.7 Å². The zero-order chi connectivity index (χ0) is 16.4. The van der Waals surface area contributed by atoms with Crippen molar-refractivity contribution in [2.75, 3.05) is 0 Å². The van der Waals surface area contributed by atoms with E-state index < -0.39 is 0 Å². The second-order valence-corrected chi connectivity index (χ2v) is 6.24. The second-order valence-electron chi connectivity index (χ2n) is 5.43. The van der Waals surface area contributed by atoms with Crippen LogP contribution in [0.4, 0.5) is 0 Å². The number of halogens is 2. The highest BCUT2D eigenvalue weighted by Gasteiger charge is 2.26. The third-order valence-electron chi connectivity index (χ3n) is 4.22. The fourth-order valence-electron chi connectivity index (χ4n) is 3.15. The van der Waals surface area contributed by atoms with E-state index in [0.717, 1.165) is 28.7 Å². The number of hydrogen-bond donors (Lipinski definition) is 0. The summed E-state index contributed by atoms with van der Waals surface area (Å²) in [6.45, 7) is 0. The molecule has 23 heavy (non-hydrogen) atoms. The average Bonchev–Trinajstić information content (AvgIpc) is 2.58. The topological polar surface area (TPSA) is 47.6 Å². The molecule has 0 bridgehead atoms. The molecule has 2 aromatic rings. The Morgan fingerprint density at radius 3 is 2.43 bits per heavy atom. The SMILES string of the molecule is N#CC(C#N)=C1CC[C@H](c2ccc(Cl)c(Cl)c2)c2ccccc21. The minimum absolute atomic E-state index is 0.184. The van der Waals surface area contributed by atoms with Crippen molar-refractivity contribution in [3.8, 4) is 12.1 Å². The summed E-state index contributed by atoms with van der Waals surface area (Å²) in [6, 6.07) is 17.7. The molecule has 0 fully saturated rings. The first-order valence-electron chi connectivity index (χ1n) is 7.23. The number of hydrogen-bond acceptors (Lipinski definition) is 2. The van der Waals surface area contributed by atoms with Gasteiger partial charge in [0.2, 0.25) is 0 Å². The zero-order valence-electron chi connectivity index (χ0n) is 12.2. The van der Waals surface area contributed by atoms with Gasteiger partial charge >= 0.3 is 0 Å². The minimum Gasteiger partial charge on any atom is -0.192 e. The predicted molar refractivity (Wildman–Crippen MR) is 92.1 cm³/mol. The first kappa shape index (κ1) is 15.6. The number of fused-ring (bicyclic) bond motifs is 1. The predicted octanol–water partition coefficient (Wildman–Crippen LogP) is 5.72. The first-order chi connectivity index (χ1) is 11.2. The normalized spacial score (nSPS) is 16.2. The Morgan fingerprint density at radius 1 is 1.00 bits per heavy atom. The van der Waals surface area contributed by atoms with Gasteiger partial charge in [0.25, 0.3) is 0 Å². The number of benzene rings is 2. The maximum atomic E-state index is 9.19. The van der Waals surface area contributed by atoms with Gasteiger partial charge in [0.1, 0.15) is 17.7 Å². The van der Waals surface area contributed by atoms with Gasteiger partial charge in [0.15, 0.2) is 0 Å². The lowest BCUT2D eigenvalue weighted by molar-refractivity contribution is 0.710. The summed E-state index contributed by atoms with van der Waals surface area (Å²) in [7, 11) is 0. The smallest absolute Gasteiger partial charge is 0.133 e. The minimum atomic E-state index is 0.184. The molecule has 2 nitrogen and oxygen atoms in total.